The number of carbonyl (C=O) groups is 2. The minimum Gasteiger partial charge on any atom is -0.452 e. The predicted molar refractivity (Wildman–Crippen MR) is 95.3 cm³/mol. The zero-order chi connectivity index (χ0) is 18.5. The Morgan fingerprint density at radius 2 is 1.96 bits per heavy atom. The Hall–Kier alpha value is -3.29. The fraction of sp³-hybridized carbons (Fsp3) is 0.278. The van der Waals surface area contributed by atoms with E-state index in [0.717, 1.165) is 5.56 Å². The van der Waals surface area contributed by atoms with E-state index < -0.39 is 23.9 Å². The topological polar surface area (TPSA) is 110 Å². The summed E-state index contributed by atoms with van der Waals surface area (Å²) in [4.78, 5) is 39.7. The van der Waals surface area contributed by atoms with Crippen molar-refractivity contribution in [3.05, 3.63) is 48.5 Å². The standard InChI is InChI=1S/C18H19N5O3/c1-3-13(12-7-5-4-6-8-12)18(25)26-11(2)17(24)23-16-14-15(20-9-19-14)21-10-22-16/h4-11,13H,3H2,1-2H3,(H2,19,20,21,22,23,24). The molecule has 2 N–H and O–H groups in total. The molecular formula is C18H19N5O3. The minimum absolute atomic E-state index is 0.287. The molecule has 0 saturated carbocycles. The fourth-order valence-corrected chi connectivity index (χ4v) is 2.61. The number of hydrogen-bond donors (Lipinski definition) is 2. The highest BCUT2D eigenvalue weighted by Gasteiger charge is 2.25. The van der Waals surface area contributed by atoms with Crippen molar-refractivity contribution in [2.24, 2.45) is 0 Å². The van der Waals surface area contributed by atoms with Crippen molar-refractivity contribution < 1.29 is 14.3 Å². The third-order valence-corrected chi connectivity index (χ3v) is 4.02. The number of esters is 1. The van der Waals surface area contributed by atoms with Gasteiger partial charge < -0.3 is 15.0 Å². The summed E-state index contributed by atoms with van der Waals surface area (Å²) in [5, 5.41) is 2.63. The lowest BCUT2D eigenvalue weighted by molar-refractivity contribution is -0.154. The van der Waals surface area contributed by atoms with Crippen LogP contribution in [0.5, 0.6) is 0 Å². The van der Waals surface area contributed by atoms with Crippen molar-refractivity contribution >= 4 is 28.9 Å². The maximum absolute atomic E-state index is 12.5. The number of benzene rings is 1. The van der Waals surface area contributed by atoms with Crippen LogP contribution in [-0.4, -0.2) is 37.9 Å². The molecule has 134 valence electrons. The van der Waals surface area contributed by atoms with Crippen LogP contribution in [0.2, 0.25) is 0 Å². The number of carbonyl (C=O) groups excluding carboxylic acids is 2. The lowest BCUT2D eigenvalue weighted by atomic mass is 9.97. The summed E-state index contributed by atoms with van der Waals surface area (Å²) in [5.74, 6) is -1.04. The zero-order valence-corrected chi connectivity index (χ0v) is 14.5. The molecule has 2 heterocycles. The third-order valence-electron chi connectivity index (χ3n) is 4.02. The van der Waals surface area contributed by atoms with E-state index >= 15 is 0 Å². The molecule has 0 aliphatic heterocycles. The van der Waals surface area contributed by atoms with Crippen LogP contribution < -0.4 is 5.32 Å². The van der Waals surface area contributed by atoms with E-state index in [9.17, 15) is 9.59 Å². The molecule has 0 aliphatic rings. The van der Waals surface area contributed by atoms with Crippen LogP contribution in [0.1, 0.15) is 31.7 Å². The first-order chi connectivity index (χ1) is 12.6. The van der Waals surface area contributed by atoms with Crippen molar-refractivity contribution in [3.8, 4) is 0 Å². The molecule has 0 saturated heterocycles. The maximum atomic E-state index is 12.5. The average molecular weight is 353 g/mol. The summed E-state index contributed by atoms with van der Waals surface area (Å²) in [7, 11) is 0. The number of nitrogens with zero attached hydrogens (tertiary/aromatic N) is 3. The summed E-state index contributed by atoms with van der Waals surface area (Å²) in [6.45, 7) is 3.43. The Labute approximate surface area is 150 Å². The Balaban J connectivity index is 1.67. The van der Waals surface area contributed by atoms with Crippen molar-refractivity contribution in [1.29, 1.82) is 0 Å². The van der Waals surface area contributed by atoms with Gasteiger partial charge in [0.15, 0.2) is 17.6 Å². The molecule has 0 fully saturated rings. The van der Waals surface area contributed by atoms with Gasteiger partial charge in [0.1, 0.15) is 11.8 Å². The first-order valence-electron chi connectivity index (χ1n) is 8.30. The number of ether oxygens (including phenoxy) is 1. The summed E-state index contributed by atoms with van der Waals surface area (Å²) >= 11 is 0. The van der Waals surface area contributed by atoms with E-state index in [1.165, 1.54) is 19.6 Å². The minimum atomic E-state index is -0.965. The van der Waals surface area contributed by atoms with Gasteiger partial charge in [0.05, 0.1) is 12.2 Å². The second-order valence-corrected chi connectivity index (χ2v) is 5.76. The summed E-state index contributed by atoms with van der Waals surface area (Å²) in [6, 6.07) is 9.36. The van der Waals surface area contributed by atoms with Gasteiger partial charge in [-0.1, -0.05) is 37.3 Å². The van der Waals surface area contributed by atoms with Crippen molar-refractivity contribution in [1.82, 2.24) is 19.9 Å². The van der Waals surface area contributed by atoms with E-state index in [2.05, 4.69) is 25.3 Å². The molecule has 3 rings (SSSR count). The average Bonchev–Trinajstić information content (AvgIpc) is 3.13. The van der Waals surface area contributed by atoms with Crippen molar-refractivity contribution in [2.75, 3.05) is 5.32 Å². The number of H-pyrrole nitrogens is 1. The molecule has 26 heavy (non-hydrogen) atoms. The van der Waals surface area contributed by atoms with E-state index in [4.69, 9.17) is 4.74 Å². The first kappa shape index (κ1) is 17.5. The molecular weight excluding hydrogens is 334 g/mol. The smallest absolute Gasteiger partial charge is 0.314 e. The number of fused-ring (bicyclic) bond motifs is 1. The van der Waals surface area contributed by atoms with E-state index in [0.29, 0.717) is 17.6 Å². The molecule has 0 bridgehead atoms. The van der Waals surface area contributed by atoms with Crippen LogP contribution in [0.3, 0.4) is 0 Å². The Kier molecular flexibility index (Phi) is 5.21. The molecule has 2 unspecified atom stereocenters. The Morgan fingerprint density at radius 3 is 2.69 bits per heavy atom. The van der Waals surface area contributed by atoms with Crippen LogP contribution >= 0.6 is 0 Å². The van der Waals surface area contributed by atoms with Gasteiger partial charge in [-0.25, -0.2) is 15.0 Å². The zero-order valence-electron chi connectivity index (χ0n) is 14.5. The molecule has 0 radical (unpaired) electrons. The predicted octanol–water partition coefficient (Wildman–Crippen LogP) is 2.42. The number of amides is 1. The van der Waals surface area contributed by atoms with Gasteiger partial charge in [-0.05, 0) is 18.9 Å². The molecule has 0 spiro atoms. The van der Waals surface area contributed by atoms with E-state index in [-0.39, 0.29) is 5.82 Å². The van der Waals surface area contributed by atoms with Gasteiger partial charge in [0.2, 0.25) is 0 Å². The molecule has 1 aromatic carbocycles. The normalized spacial score (nSPS) is 13.2. The largest absolute Gasteiger partial charge is 0.452 e. The quantitative estimate of drug-likeness (QED) is 0.659. The number of aromatic amines is 1. The molecule has 8 heteroatoms. The number of anilines is 1. The number of imidazole rings is 1. The molecule has 0 aliphatic carbocycles. The van der Waals surface area contributed by atoms with Crippen LogP contribution in [0.4, 0.5) is 5.82 Å². The molecule has 2 aromatic heterocycles. The fourth-order valence-electron chi connectivity index (χ4n) is 2.61. The molecule has 2 atom stereocenters. The van der Waals surface area contributed by atoms with Crippen LogP contribution in [0.25, 0.3) is 11.2 Å². The van der Waals surface area contributed by atoms with Crippen LogP contribution in [0, 0.1) is 0 Å². The summed E-state index contributed by atoms with van der Waals surface area (Å²) in [6.07, 6.45) is 2.38. The molecule has 3 aromatic rings. The maximum Gasteiger partial charge on any atom is 0.314 e. The van der Waals surface area contributed by atoms with Gasteiger partial charge in [-0.15, -0.1) is 0 Å². The van der Waals surface area contributed by atoms with E-state index in [1.807, 2.05) is 37.3 Å². The van der Waals surface area contributed by atoms with Gasteiger partial charge in [-0.2, -0.15) is 0 Å². The highest BCUT2D eigenvalue weighted by atomic mass is 16.5. The van der Waals surface area contributed by atoms with Crippen molar-refractivity contribution in [3.63, 3.8) is 0 Å². The van der Waals surface area contributed by atoms with E-state index in [1.54, 1.807) is 0 Å². The Bertz CT molecular complexity index is 909. The lowest BCUT2D eigenvalue weighted by Gasteiger charge is -2.18. The second kappa shape index (κ2) is 7.73. The third kappa shape index (κ3) is 3.69. The van der Waals surface area contributed by atoms with Crippen LogP contribution in [0.15, 0.2) is 43.0 Å². The lowest BCUT2D eigenvalue weighted by Crippen LogP contribution is -2.32. The highest BCUT2D eigenvalue weighted by Crippen LogP contribution is 2.22. The Morgan fingerprint density at radius 1 is 1.19 bits per heavy atom. The van der Waals surface area contributed by atoms with Crippen LogP contribution in [-0.2, 0) is 14.3 Å². The number of hydrogen-bond acceptors (Lipinski definition) is 6. The highest BCUT2D eigenvalue weighted by molar-refractivity contribution is 5.99. The van der Waals surface area contributed by atoms with Gasteiger partial charge in [-0.3, -0.25) is 9.59 Å². The summed E-state index contributed by atoms with van der Waals surface area (Å²) < 4.78 is 5.37. The number of nitrogens with one attached hydrogen (secondary N) is 2. The number of rotatable bonds is 6. The number of aromatic nitrogens is 4. The molecule has 1 amide bonds. The SMILES string of the molecule is CCC(C(=O)OC(C)C(=O)Nc1ncnc2nc[nH]c12)c1ccccc1. The van der Waals surface area contributed by atoms with Gasteiger partial charge >= 0.3 is 5.97 Å². The second-order valence-electron chi connectivity index (χ2n) is 5.76. The summed E-state index contributed by atoms with van der Waals surface area (Å²) in [5.41, 5.74) is 1.81. The van der Waals surface area contributed by atoms with Gasteiger partial charge in [0, 0.05) is 0 Å². The monoisotopic (exact) mass is 353 g/mol. The van der Waals surface area contributed by atoms with Crippen molar-refractivity contribution in [2.45, 2.75) is 32.3 Å². The van der Waals surface area contributed by atoms with Gasteiger partial charge in [0.25, 0.3) is 5.91 Å². The molecule has 8 nitrogen and oxygen atoms in total. The first-order valence-corrected chi connectivity index (χ1v) is 8.30.